The van der Waals surface area contributed by atoms with E-state index >= 15 is 0 Å². The summed E-state index contributed by atoms with van der Waals surface area (Å²) < 4.78 is 20.7. The van der Waals surface area contributed by atoms with Crippen molar-refractivity contribution in [2.24, 2.45) is 0 Å². The zero-order valence-corrected chi connectivity index (χ0v) is 11.0. The predicted octanol–water partition coefficient (Wildman–Crippen LogP) is 3.84. The highest BCUT2D eigenvalue weighted by molar-refractivity contribution is 7.71. The molecule has 1 aromatic heterocycles. The summed E-state index contributed by atoms with van der Waals surface area (Å²) in [4.78, 5) is 3.00. The predicted molar refractivity (Wildman–Crippen MR) is 75.0 cm³/mol. The molecule has 0 amide bonds. The smallest absolute Gasteiger partial charge is 0.182 e. The van der Waals surface area contributed by atoms with Gasteiger partial charge in [-0.05, 0) is 54.7 Å². The van der Waals surface area contributed by atoms with Gasteiger partial charge in [-0.1, -0.05) is 0 Å². The van der Waals surface area contributed by atoms with Crippen LogP contribution in [-0.4, -0.2) is 16.7 Å². The minimum Gasteiger partial charge on any atom is -0.497 e. The summed E-state index contributed by atoms with van der Waals surface area (Å²) in [5.74, 6) is 0.492. The molecule has 2 aromatic carbocycles. The van der Waals surface area contributed by atoms with Gasteiger partial charge in [-0.3, -0.25) is 4.57 Å². The van der Waals surface area contributed by atoms with E-state index < -0.39 is 0 Å². The fraction of sp³-hybridized carbons (Fsp3) is 0.0714. The van der Waals surface area contributed by atoms with Crippen LogP contribution in [0.3, 0.4) is 0 Å². The molecule has 0 unspecified atom stereocenters. The molecule has 0 aliphatic rings. The van der Waals surface area contributed by atoms with Crippen LogP contribution in [0.2, 0.25) is 0 Å². The molecule has 0 saturated carbocycles. The number of benzene rings is 2. The van der Waals surface area contributed by atoms with Gasteiger partial charge in [0.2, 0.25) is 0 Å². The first-order valence-corrected chi connectivity index (χ1v) is 6.14. The molecule has 19 heavy (non-hydrogen) atoms. The van der Waals surface area contributed by atoms with Crippen LogP contribution in [-0.2, 0) is 0 Å². The average molecular weight is 274 g/mol. The molecule has 0 aliphatic heterocycles. The summed E-state index contributed by atoms with van der Waals surface area (Å²) in [6.45, 7) is 0. The third-order valence-electron chi connectivity index (χ3n) is 2.97. The highest BCUT2D eigenvalue weighted by Crippen LogP contribution is 2.22. The summed E-state index contributed by atoms with van der Waals surface area (Å²) in [7, 11) is 1.62. The maximum absolute atomic E-state index is 13.2. The Balaban J connectivity index is 2.23. The number of halogens is 1. The van der Waals surface area contributed by atoms with E-state index in [0.29, 0.717) is 10.3 Å². The van der Waals surface area contributed by atoms with Gasteiger partial charge in [0, 0.05) is 5.69 Å². The van der Waals surface area contributed by atoms with Crippen LogP contribution in [0.1, 0.15) is 0 Å². The lowest BCUT2D eigenvalue weighted by Gasteiger charge is -2.05. The summed E-state index contributed by atoms with van der Waals surface area (Å²) in [5, 5.41) is 0. The van der Waals surface area contributed by atoms with Crippen molar-refractivity contribution in [3.63, 3.8) is 0 Å². The van der Waals surface area contributed by atoms with Crippen LogP contribution >= 0.6 is 12.2 Å². The minimum atomic E-state index is -0.286. The van der Waals surface area contributed by atoms with Crippen molar-refractivity contribution in [3.05, 3.63) is 53.1 Å². The Hall–Kier alpha value is -2.14. The van der Waals surface area contributed by atoms with E-state index in [1.807, 2.05) is 28.8 Å². The van der Waals surface area contributed by atoms with E-state index in [1.54, 1.807) is 13.2 Å². The van der Waals surface area contributed by atoms with E-state index in [-0.39, 0.29) is 5.82 Å². The molecule has 3 nitrogen and oxygen atoms in total. The van der Waals surface area contributed by atoms with Crippen LogP contribution in [0.4, 0.5) is 4.39 Å². The molecule has 1 N–H and O–H groups in total. The number of nitrogens with zero attached hydrogens (tertiary/aromatic N) is 1. The molecule has 1 heterocycles. The van der Waals surface area contributed by atoms with Crippen molar-refractivity contribution >= 4 is 23.3 Å². The molecular weight excluding hydrogens is 263 g/mol. The zero-order valence-electron chi connectivity index (χ0n) is 10.2. The molecule has 0 spiro atoms. The van der Waals surface area contributed by atoms with Crippen LogP contribution < -0.4 is 4.74 Å². The number of rotatable bonds is 2. The molecular formula is C14H11FN2OS. The van der Waals surface area contributed by atoms with Crippen molar-refractivity contribution in [3.8, 4) is 11.4 Å². The van der Waals surface area contributed by atoms with Crippen LogP contribution in [0, 0.1) is 10.6 Å². The zero-order chi connectivity index (χ0) is 13.4. The number of aromatic nitrogens is 2. The van der Waals surface area contributed by atoms with Gasteiger partial charge in [-0.2, -0.15) is 0 Å². The van der Waals surface area contributed by atoms with Crippen molar-refractivity contribution in [2.45, 2.75) is 0 Å². The first-order chi connectivity index (χ1) is 9.19. The van der Waals surface area contributed by atoms with Gasteiger partial charge >= 0.3 is 0 Å². The van der Waals surface area contributed by atoms with Crippen molar-refractivity contribution in [1.82, 2.24) is 9.55 Å². The number of methoxy groups -OCH3 is 1. The minimum absolute atomic E-state index is 0.286. The van der Waals surface area contributed by atoms with Gasteiger partial charge in [-0.15, -0.1) is 0 Å². The molecule has 3 aromatic rings. The summed E-state index contributed by atoms with van der Waals surface area (Å²) >= 11 is 5.29. The summed E-state index contributed by atoms with van der Waals surface area (Å²) in [5.41, 5.74) is 2.43. The maximum Gasteiger partial charge on any atom is 0.182 e. The molecule has 0 bridgehead atoms. The Labute approximate surface area is 114 Å². The second-order valence-electron chi connectivity index (χ2n) is 4.13. The fourth-order valence-corrected chi connectivity index (χ4v) is 2.39. The van der Waals surface area contributed by atoms with Crippen LogP contribution in [0.5, 0.6) is 5.75 Å². The lowest BCUT2D eigenvalue weighted by Crippen LogP contribution is -1.94. The average Bonchev–Trinajstić information content (AvgIpc) is 2.74. The van der Waals surface area contributed by atoms with Crippen LogP contribution in [0.15, 0.2) is 42.5 Å². The first-order valence-electron chi connectivity index (χ1n) is 5.74. The van der Waals surface area contributed by atoms with Gasteiger partial charge in [0.25, 0.3) is 0 Å². The number of hydrogen-bond donors (Lipinski definition) is 1. The second-order valence-corrected chi connectivity index (χ2v) is 4.51. The highest BCUT2D eigenvalue weighted by atomic mass is 32.1. The number of aromatic amines is 1. The van der Waals surface area contributed by atoms with Crippen molar-refractivity contribution in [1.29, 1.82) is 0 Å². The molecule has 0 saturated heterocycles. The molecule has 0 fully saturated rings. The Morgan fingerprint density at radius 1 is 1.16 bits per heavy atom. The molecule has 5 heteroatoms. The quantitative estimate of drug-likeness (QED) is 0.720. The van der Waals surface area contributed by atoms with E-state index in [1.165, 1.54) is 12.1 Å². The lowest BCUT2D eigenvalue weighted by molar-refractivity contribution is 0.415. The number of hydrogen-bond acceptors (Lipinski definition) is 2. The van der Waals surface area contributed by atoms with E-state index in [9.17, 15) is 4.39 Å². The number of H-pyrrole nitrogens is 1. The summed E-state index contributed by atoms with van der Waals surface area (Å²) in [6, 6.07) is 12.1. The third-order valence-corrected chi connectivity index (χ3v) is 3.26. The van der Waals surface area contributed by atoms with Crippen molar-refractivity contribution < 1.29 is 9.13 Å². The number of ether oxygens (including phenoxy) is 1. The normalized spacial score (nSPS) is 10.8. The molecule has 0 aliphatic carbocycles. The van der Waals surface area contributed by atoms with Gasteiger partial charge in [0.1, 0.15) is 11.6 Å². The number of imidazole rings is 1. The largest absolute Gasteiger partial charge is 0.497 e. The van der Waals surface area contributed by atoms with Gasteiger partial charge in [-0.25, -0.2) is 4.39 Å². The monoisotopic (exact) mass is 274 g/mol. The standard InChI is InChI=1S/C14H11FN2OS/c1-18-11-5-3-10(4-6-11)17-13-7-2-9(15)8-12(13)16-14(17)19/h2-8H,1H3,(H,16,19). The van der Waals surface area contributed by atoms with Crippen molar-refractivity contribution in [2.75, 3.05) is 7.11 Å². The SMILES string of the molecule is COc1ccc(-n2c(=S)[nH]c3cc(F)ccc32)cc1. The van der Waals surface area contributed by atoms with E-state index in [4.69, 9.17) is 17.0 Å². The van der Waals surface area contributed by atoms with E-state index in [0.717, 1.165) is 17.0 Å². The Morgan fingerprint density at radius 2 is 1.89 bits per heavy atom. The first kappa shape index (κ1) is 11.9. The van der Waals surface area contributed by atoms with Gasteiger partial charge in [0.15, 0.2) is 4.77 Å². The molecule has 3 rings (SSSR count). The fourth-order valence-electron chi connectivity index (χ4n) is 2.07. The second kappa shape index (κ2) is 4.51. The molecule has 0 atom stereocenters. The molecule has 96 valence electrons. The van der Waals surface area contributed by atoms with E-state index in [2.05, 4.69) is 4.98 Å². The highest BCUT2D eigenvalue weighted by Gasteiger charge is 2.07. The topological polar surface area (TPSA) is 29.9 Å². The molecule has 0 radical (unpaired) electrons. The Kier molecular flexibility index (Phi) is 2.83. The van der Waals surface area contributed by atoms with Crippen LogP contribution in [0.25, 0.3) is 16.7 Å². The number of fused-ring (bicyclic) bond motifs is 1. The Bertz CT molecular complexity index is 789. The third kappa shape index (κ3) is 2.02. The Morgan fingerprint density at radius 3 is 2.58 bits per heavy atom. The van der Waals surface area contributed by atoms with Gasteiger partial charge in [0.05, 0.1) is 18.1 Å². The lowest BCUT2D eigenvalue weighted by atomic mass is 10.2. The van der Waals surface area contributed by atoms with Gasteiger partial charge < -0.3 is 9.72 Å². The number of nitrogens with one attached hydrogen (secondary N) is 1. The summed E-state index contributed by atoms with van der Waals surface area (Å²) in [6.07, 6.45) is 0. The maximum atomic E-state index is 13.2.